The number of thioether (sulfide) groups is 1. The summed E-state index contributed by atoms with van der Waals surface area (Å²) in [6, 6.07) is 13.4. The van der Waals surface area contributed by atoms with Crippen molar-refractivity contribution in [3.63, 3.8) is 0 Å². The van der Waals surface area contributed by atoms with Gasteiger partial charge >= 0.3 is 0 Å². The number of amidine groups is 1. The number of likely N-dealkylation sites (tertiary alicyclic amines) is 1. The highest BCUT2D eigenvalue weighted by atomic mass is 32.2. The van der Waals surface area contributed by atoms with Gasteiger partial charge in [-0.25, -0.2) is 4.39 Å². The first-order valence-corrected chi connectivity index (χ1v) is 14.3. The van der Waals surface area contributed by atoms with Gasteiger partial charge in [-0.2, -0.15) is 4.99 Å². The molecule has 0 spiro atoms. The van der Waals surface area contributed by atoms with Crippen LogP contribution < -0.4 is 4.90 Å². The van der Waals surface area contributed by atoms with Crippen LogP contribution in [0.2, 0.25) is 0 Å². The number of pyridine rings is 1. The fraction of sp³-hybridized carbons (Fsp3) is 0.367. The summed E-state index contributed by atoms with van der Waals surface area (Å²) in [7, 11) is 0. The summed E-state index contributed by atoms with van der Waals surface area (Å²) in [6.07, 6.45) is 7.19. The lowest BCUT2D eigenvalue weighted by atomic mass is 9.99. The van der Waals surface area contributed by atoms with E-state index < -0.39 is 0 Å². The van der Waals surface area contributed by atoms with Crippen LogP contribution in [0, 0.1) is 5.82 Å². The number of halogens is 1. The van der Waals surface area contributed by atoms with Crippen LogP contribution in [0.25, 0.3) is 28.1 Å². The zero-order chi connectivity index (χ0) is 26.1. The van der Waals surface area contributed by atoms with Gasteiger partial charge in [0.15, 0.2) is 5.17 Å². The summed E-state index contributed by atoms with van der Waals surface area (Å²) in [5.74, 6) is -0.384. The molecule has 196 valence electrons. The average molecular weight is 530 g/mol. The van der Waals surface area contributed by atoms with Crippen molar-refractivity contribution in [2.75, 3.05) is 50.7 Å². The fourth-order valence-electron chi connectivity index (χ4n) is 5.51. The molecule has 3 aliphatic heterocycles. The van der Waals surface area contributed by atoms with Crippen LogP contribution in [0.3, 0.4) is 0 Å². The summed E-state index contributed by atoms with van der Waals surface area (Å²) in [4.78, 5) is 28.9. The molecule has 0 bridgehead atoms. The first-order chi connectivity index (χ1) is 18.6. The smallest absolute Gasteiger partial charge is 0.286 e. The minimum atomic E-state index is -0.203. The van der Waals surface area contributed by atoms with E-state index in [-0.39, 0.29) is 11.7 Å². The zero-order valence-corrected chi connectivity index (χ0v) is 22.5. The molecule has 2 saturated heterocycles. The summed E-state index contributed by atoms with van der Waals surface area (Å²) in [5.41, 5.74) is 4.14. The Morgan fingerprint density at radius 2 is 1.76 bits per heavy atom. The number of carbonyl (C=O) groups excluding carboxylic acids is 1. The van der Waals surface area contributed by atoms with Crippen LogP contribution in [0.4, 0.5) is 10.1 Å². The van der Waals surface area contributed by atoms with E-state index in [1.165, 1.54) is 18.2 Å². The van der Waals surface area contributed by atoms with Crippen molar-refractivity contribution in [3.8, 4) is 11.1 Å². The first kappa shape index (κ1) is 25.1. The monoisotopic (exact) mass is 529 g/mol. The van der Waals surface area contributed by atoms with Crippen LogP contribution in [0.1, 0.15) is 31.7 Å². The van der Waals surface area contributed by atoms with E-state index in [0.717, 1.165) is 91.4 Å². The molecule has 0 atom stereocenters. The van der Waals surface area contributed by atoms with Crippen LogP contribution in [-0.2, 0) is 4.79 Å². The lowest BCUT2D eigenvalue weighted by molar-refractivity contribution is -0.113. The molecule has 3 aliphatic rings. The molecule has 8 heteroatoms. The number of piperidine rings is 1. The number of aromatic nitrogens is 1. The maximum atomic E-state index is 15.3. The summed E-state index contributed by atoms with van der Waals surface area (Å²) in [5, 5.41) is 1.74. The number of hydrogen-bond donors (Lipinski definition) is 0. The molecule has 38 heavy (non-hydrogen) atoms. The van der Waals surface area contributed by atoms with Crippen molar-refractivity contribution in [2.45, 2.75) is 26.2 Å². The highest BCUT2D eigenvalue weighted by molar-refractivity contribution is 8.18. The Kier molecular flexibility index (Phi) is 7.17. The maximum Gasteiger partial charge on any atom is 0.286 e. The largest absolute Gasteiger partial charge is 0.367 e. The predicted octanol–water partition coefficient (Wildman–Crippen LogP) is 5.64. The topological polar surface area (TPSA) is 52.0 Å². The molecule has 0 saturated carbocycles. The number of aliphatic imine (C=N–C) groups is 1. The number of nitrogens with zero attached hydrogens (tertiary/aromatic N) is 5. The molecule has 0 unspecified atom stereocenters. The lowest BCUT2D eigenvalue weighted by Crippen LogP contribution is -2.46. The van der Waals surface area contributed by atoms with Gasteiger partial charge in [0.1, 0.15) is 5.82 Å². The van der Waals surface area contributed by atoms with Crippen molar-refractivity contribution in [1.29, 1.82) is 0 Å². The highest BCUT2D eigenvalue weighted by Gasteiger charge is 2.27. The standard InChI is InChI=1S/C30H32FN5OS/c1-2-34-14-16-35(17-15-34)27-9-7-22(20-25(27)31)23-10-11-32-26-8-6-21(18-24(23)26)19-28-29(37)33-30(38-28)36-12-4-3-5-13-36/h6-11,18-20H,2-5,12-17H2,1H3. The number of piperazine rings is 1. The molecular formula is C30H32FN5OS. The molecule has 1 aromatic heterocycles. The Bertz CT molecular complexity index is 1420. The number of anilines is 1. The van der Waals surface area contributed by atoms with E-state index in [2.05, 4.69) is 31.6 Å². The Labute approximate surface area is 227 Å². The number of likely N-dealkylation sites (N-methyl/N-ethyl adjacent to an activating group) is 1. The molecule has 0 radical (unpaired) electrons. The number of fused-ring (bicyclic) bond motifs is 1. The average Bonchev–Trinajstić information content (AvgIpc) is 3.33. The second-order valence-electron chi connectivity index (χ2n) is 10.1. The molecule has 1 amide bonds. The van der Waals surface area contributed by atoms with Crippen molar-refractivity contribution in [1.82, 2.24) is 14.8 Å². The second-order valence-corrected chi connectivity index (χ2v) is 11.1. The number of amides is 1. The van der Waals surface area contributed by atoms with E-state index in [1.54, 1.807) is 12.3 Å². The number of carbonyl (C=O) groups is 1. The van der Waals surface area contributed by atoms with Gasteiger partial charge in [-0.15, -0.1) is 0 Å². The summed E-state index contributed by atoms with van der Waals surface area (Å²) >= 11 is 1.46. The number of hydrogen-bond acceptors (Lipinski definition) is 6. The van der Waals surface area contributed by atoms with Crippen molar-refractivity contribution in [3.05, 3.63) is 64.9 Å². The highest BCUT2D eigenvalue weighted by Crippen LogP contribution is 2.34. The molecule has 2 fully saturated rings. The Morgan fingerprint density at radius 1 is 0.947 bits per heavy atom. The number of benzene rings is 2. The van der Waals surface area contributed by atoms with E-state index in [0.29, 0.717) is 10.6 Å². The maximum absolute atomic E-state index is 15.3. The van der Waals surface area contributed by atoms with Gasteiger partial charge in [-0.1, -0.05) is 19.1 Å². The van der Waals surface area contributed by atoms with Crippen molar-refractivity contribution in [2.24, 2.45) is 4.99 Å². The van der Waals surface area contributed by atoms with Gasteiger partial charge in [0, 0.05) is 50.9 Å². The van der Waals surface area contributed by atoms with Crippen LogP contribution in [0.15, 0.2) is 58.6 Å². The van der Waals surface area contributed by atoms with E-state index in [4.69, 9.17) is 0 Å². The molecule has 2 aromatic carbocycles. The van der Waals surface area contributed by atoms with Crippen LogP contribution in [-0.4, -0.2) is 71.7 Å². The van der Waals surface area contributed by atoms with E-state index >= 15 is 4.39 Å². The normalized spacial score (nSPS) is 20.0. The SMILES string of the molecule is CCN1CCN(c2ccc(-c3ccnc4ccc(C=C5SC(N6CCCCC6)=NC5=O)cc34)cc2F)CC1. The van der Waals surface area contributed by atoms with E-state index in [9.17, 15) is 4.79 Å². The third-order valence-electron chi connectivity index (χ3n) is 7.72. The third-order valence-corrected chi connectivity index (χ3v) is 8.76. The van der Waals surface area contributed by atoms with E-state index in [1.807, 2.05) is 42.5 Å². The molecule has 6 nitrogen and oxygen atoms in total. The minimum Gasteiger partial charge on any atom is -0.367 e. The molecule has 4 heterocycles. The summed E-state index contributed by atoms with van der Waals surface area (Å²) in [6.45, 7) is 8.69. The van der Waals surface area contributed by atoms with Gasteiger partial charge in [-0.05, 0) is 90.7 Å². The van der Waals surface area contributed by atoms with Crippen LogP contribution in [0.5, 0.6) is 0 Å². The zero-order valence-electron chi connectivity index (χ0n) is 21.7. The Morgan fingerprint density at radius 3 is 2.53 bits per heavy atom. The molecular weight excluding hydrogens is 497 g/mol. The molecule has 0 aliphatic carbocycles. The molecule has 0 N–H and O–H groups in total. The number of rotatable bonds is 4. The quantitative estimate of drug-likeness (QED) is 0.408. The first-order valence-electron chi connectivity index (χ1n) is 13.5. The van der Waals surface area contributed by atoms with Crippen molar-refractivity contribution < 1.29 is 9.18 Å². The third kappa shape index (κ3) is 5.07. The van der Waals surface area contributed by atoms with Gasteiger partial charge in [-0.3, -0.25) is 9.78 Å². The Hall–Kier alpha value is -3.23. The molecule has 6 rings (SSSR count). The molecule has 3 aromatic rings. The van der Waals surface area contributed by atoms with Crippen LogP contribution >= 0.6 is 11.8 Å². The minimum absolute atomic E-state index is 0.181. The summed E-state index contributed by atoms with van der Waals surface area (Å²) < 4.78 is 15.3. The van der Waals surface area contributed by atoms with Gasteiger partial charge < -0.3 is 14.7 Å². The predicted molar refractivity (Wildman–Crippen MR) is 155 cm³/mol. The second kappa shape index (κ2) is 10.9. The lowest BCUT2D eigenvalue weighted by Gasteiger charge is -2.35. The fourth-order valence-corrected chi connectivity index (χ4v) is 6.48. The Balaban J connectivity index is 1.27. The van der Waals surface area contributed by atoms with Gasteiger partial charge in [0.25, 0.3) is 5.91 Å². The van der Waals surface area contributed by atoms with Gasteiger partial charge in [0.2, 0.25) is 0 Å². The van der Waals surface area contributed by atoms with Gasteiger partial charge in [0.05, 0.1) is 16.1 Å². The van der Waals surface area contributed by atoms with Crippen molar-refractivity contribution >= 4 is 45.5 Å².